The third-order valence-electron chi connectivity index (χ3n) is 3.25. The lowest BCUT2D eigenvalue weighted by Gasteiger charge is -2.23. The third-order valence-corrected chi connectivity index (χ3v) is 5.17. The molecule has 1 heterocycles. The molecule has 2 rings (SSSR count). The predicted octanol–water partition coefficient (Wildman–Crippen LogP) is 1.93. The maximum Gasteiger partial charge on any atom is 0.324 e. The summed E-state index contributed by atoms with van der Waals surface area (Å²) in [5.41, 5.74) is 0. The molecule has 1 aliphatic rings. The molecule has 0 radical (unpaired) electrons. The second-order valence-corrected chi connectivity index (χ2v) is 7.10. The fourth-order valence-electron chi connectivity index (χ4n) is 2.32. The van der Waals surface area contributed by atoms with Gasteiger partial charge in [-0.15, -0.1) is 0 Å². The number of hydrogen-bond donors (Lipinski definition) is 0. The van der Waals surface area contributed by atoms with Crippen molar-refractivity contribution in [2.24, 2.45) is 0 Å². The number of carbonyl (C=O) groups excluding carboxylic acids is 1. The van der Waals surface area contributed by atoms with E-state index in [0.717, 1.165) is 16.4 Å². The highest BCUT2D eigenvalue weighted by Crippen LogP contribution is 2.27. The molecule has 0 aliphatic carbocycles. The minimum absolute atomic E-state index is 0.0202. The van der Waals surface area contributed by atoms with Crippen molar-refractivity contribution in [3.05, 3.63) is 30.1 Å². The number of ether oxygens (including phenoxy) is 1. The molecule has 1 aromatic carbocycles. The Kier molecular flexibility index (Phi) is 4.63. The summed E-state index contributed by atoms with van der Waals surface area (Å²) in [6.45, 7) is 3.69. The Morgan fingerprint density at radius 1 is 1.33 bits per heavy atom. The summed E-state index contributed by atoms with van der Waals surface area (Å²) >= 11 is 0. The fraction of sp³-hybridized carbons (Fsp3) is 0.500. The van der Waals surface area contributed by atoms with Gasteiger partial charge in [-0.2, -0.15) is 4.31 Å². The number of carbonyl (C=O) groups is 1. The summed E-state index contributed by atoms with van der Waals surface area (Å²) in [5.74, 6) is -1.04. The Balaban J connectivity index is 2.26. The Morgan fingerprint density at radius 2 is 1.95 bits per heavy atom. The fourth-order valence-corrected chi connectivity index (χ4v) is 3.96. The molecule has 5 nitrogen and oxygen atoms in total. The molecule has 7 heteroatoms. The lowest BCUT2D eigenvalue weighted by atomic mass is 10.2. The maximum atomic E-state index is 12.9. The first-order valence-corrected chi connectivity index (χ1v) is 8.24. The van der Waals surface area contributed by atoms with Crippen LogP contribution in [0.25, 0.3) is 0 Å². The second kappa shape index (κ2) is 6.11. The maximum absolute atomic E-state index is 12.9. The van der Waals surface area contributed by atoms with Gasteiger partial charge in [-0.3, -0.25) is 4.79 Å². The molecule has 0 bridgehead atoms. The van der Waals surface area contributed by atoms with Crippen LogP contribution in [0, 0.1) is 5.82 Å². The van der Waals surface area contributed by atoms with Gasteiger partial charge in [-0.1, -0.05) is 0 Å². The topological polar surface area (TPSA) is 63.7 Å². The van der Waals surface area contributed by atoms with E-state index in [1.54, 1.807) is 13.8 Å². The van der Waals surface area contributed by atoms with Gasteiger partial charge >= 0.3 is 5.97 Å². The number of sulfonamides is 1. The molecule has 0 spiro atoms. The van der Waals surface area contributed by atoms with Gasteiger partial charge in [0.15, 0.2) is 0 Å². The van der Waals surface area contributed by atoms with E-state index < -0.39 is 27.9 Å². The molecular weight excluding hydrogens is 297 g/mol. The van der Waals surface area contributed by atoms with Crippen LogP contribution in [0.15, 0.2) is 29.2 Å². The lowest BCUT2D eigenvalue weighted by Crippen LogP contribution is -2.42. The molecule has 0 N–H and O–H groups in total. The molecule has 1 aliphatic heterocycles. The van der Waals surface area contributed by atoms with Gasteiger partial charge < -0.3 is 4.74 Å². The quantitative estimate of drug-likeness (QED) is 0.797. The normalized spacial score (nSPS) is 19.9. The standard InChI is InChI=1S/C14H18FNO4S/c1-10(2)20-14(17)13-4-3-9-16(13)21(18,19)12-7-5-11(15)6-8-12/h5-8,10,13H,3-4,9H2,1-2H3. The van der Waals surface area contributed by atoms with Gasteiger partial charge in [0.1, 0.15) is 11.9 Å². The second-order valence-electron chi connectivity index (χ2n) is 5.21. The first kappa shape index (κ1) is 15.9. The number of nitrogens with zero attached hydrogens (tertiary/aromatic N) is 1. The van der Waals surface area contributed by atoms with Crippen molar-refractivity contribution in [2.45, 2.75) is 43.7 Å². The Hall–Kier alpha value is -1.47. The van der Waals surface area contributed by atoms with Gasteiger partial charge in [0, 0.05) is 6.54 Å². The van der Waals surface area contributed by atoms with Crippen LogP contribution >= 0.6 is 0 Å². The van der Waals surface area contributed by atoms with Crippen LogP contribution in [0.2, 0.25) is 0 Å². The van der Waals surface area contributed by atoms with Crippen LogP contribution in [0.3, 0.4) is 0 Å². The summed E-state index contributed by atoms with van der Waals surface area (Å²) < 4.78 is 44.3. The number of esters is 1. The van der Waals surface area contributed by atoms with Crippen molar-refractivity contribution in [3.8, 4) is 0 Å². The van der Waals surface area contributed by atoms with E-state index in [4.69, 9.17) is 4.74 Å². The van der Waals surface area contributed by atoms with Crippen molar-refractivity contribution < 1.29 is 22.3 Å². The number of benzene rings is 1. The highest BCUT2D eigenvalue weighted by molar-refractivity contribution is 7.89. The minimum Gasteiger partial charge on any atom is -0.462 e. The third kappa shape index (κ3) is 3.41. The van der Waals surface area contributed by atoms with Crippen molar-refractivity contribution >= 4 is 16.0 Å². The van der Waals surface area contributed by atoms with Gasteiger partial charge in [0.25, 0.3) is 0 Å². The molecule has 0 amide bonds. The van der Waals surface area contributed by atoms with E-state index in [1.807, 2.05) is 0 Å². The molecule has 1 unspecified atom stereocenters. The molecule has 1 aromatic rings. The average molecular weight is 315 g/mol. The Bertz CT molecular complexity index is 612. The van der Waals surface area contributed by atoms with Gasteiger partial charge in [0.05, 0.1) is 11.0 Å². The van der Waals surface area contributed by atoms with Crippen molar-refractivity contribution in [2.75, 3.05) is 6.54 Å². The van der Waals surface area contributed by atoms with Crippen LogP contribution in [-0.2, 0) is 19.6 Å². The van der Waals surface area contributed by atoms with Crippen molar-refractivity contribution in [1.29, 1.82) is 0 Å². The van der Waals surface area contributed by atoms with Gasteiger partial charge in [-0.25, -0.2) is 12.8 Å². The minimum atomic E-state index is -3.82. The van der Waals surface area contributed by atoms with E-state index in [-0.39, 0.29) is 17.5 Å². The molecule has 21 heavy (non-hydrogen) atoms. The largest absolute Gasteiger partial charge is 0.462 e. The molecule has 116 valence electrons. The summed E-state index contributed by atoms with van der Waals surface area (Å²) in [7, 11) is -3.82. The zero-order chi connectivity index (χ0) is 15.6. The summed E-state index contributed by atoms with van der Waals surface area (Å²) in [6.07, 6.45) is 0.734. The molecule has 1 fully saturated rings. The Morgan fingerprint density at radius 3 is 2.52 bits per heavy atom. The molecule has 0 aromatic heterocycles. The lowest BCUT2D eigenvalue weighted by molar-refractivity contribution is -0.151. The molecule has 1 atom stereocenters. The number of rotatable bonds is 4. The van der Waals surface area contributed by atoms with Crippen molar-refractivity contribution in [1.82, 2.24) is 4.31 Å². The van der Waals surface area contributed by atoms with E-state index in [2.05, 4.69) is 0 Å². The van der Waals surface area contributed by atoms with Crippen LogP contribution in [0.4, 0.5) is 4.39 Å². The van der Waals surface area contributed by atoms with Crippen molar-refractivity contribution in [3.63, 3.8) is 0 Å². The van der Waals surface area contributed by atoms with Gasteiger partial charge in [0.2, 0.25) is 10.0 Å². The predicted molar refractivity (Wildman–Crippen MR) is 74.5 cm³/mol. The average Bonchev–Trinajstić information content (AvgIpc) is 2.88. The van der Waals surface area contributed by atoms with E-state index in [9.17, 15) is 17.6 Å². The van der Waals surface area contributed by atoms with Crippen LogP contribution in [0.1, 0.15) is 26.7 Å². The SMILES string of the molecule is CC(C)OC(=O)C1CCCN1S(=O)(=O)c1ccc(F)cc1. The monoisotopic (exact) mass is 315 g/mol. The van der Waals surface area contributed by atoms with E-state index in [1.165, 1.54) is 12.1 Å². The molecular formula is C14H18FNO4S. The van der Waals surface area contributed by atoms with E-state index >= 15 is 0 Å². The number of hydrogen-bond acceptors (Lipinski definition) is 4. The van der Waals surface area contributed by atoms with Crippen LogP contribution in [-0.4, -0.2) is 37.4 Å². The van der Waals surface area contributed by atoms with Crippen LogP contribution in [0.5, 0.6) is 0 Å². The highest BCUT2D eigenvalue weighted by Gasteiger charge is 2.40. The zero-order valence-electron chi connectivity index (χ0n) is 12.0. The summed E-state index contributed by atoms with van der Waals surface area (Å²) in [4.78, 5) is 12.0. The Labute approximate surface area is 123 Å². The van der Waals surface area contributed by atoms with E-state index in [0.29, 0.717) is 12.8 Å². The van der Waals surface area contributed by atoms with Gasteiger partial charge in [-0.05, 0) is 51.0 Å². The highest BCUT2D eigenvalue weighted by atomic mass is 32.2. The summed E-state index contributed by atoms with van der Waals surface area (Å²) in [6, 6.07) is 3.78. The number of halogens is 1. The summed E-state index contributed by atoms with van der Waals surface area (Å²) in [5, 5.41) is 0. The smallest absolute Gasteiger partial charge is 0.324 e. The van der Waals surface area contributed by atoms with Crippen LogP contribution < -0.4 is 0 Å². The molecule has 0 saturated carbocycles. The zero-order valence-corrected chi connectivity index (χ0v) is 12.8. The molecule has 1 saturated heterocycles. The first-order chi connectivity index (χ1) is 9.82. The first-order valence-electron chi connectivity index (χ1n) is 6.80.